The maximum absolute atomic E-state index is 12.5. The maximum atomic E-state index is 12.5. The van der Waals surface area contributed by atoms with E-state index in [-0.39, 0.29) is 19.3 Å². The van der Waals surface area contributed by atoms with Crippen LogP contribution in [0.5, 0.6) is 17.2 Å². The molecule has 2 aromatic carbocycles. The Bertz CT molecular complexity index is 782. The smallest absolute Gasteiger partial charge is 0.260 e. The van der Waals surface area contributed by atoms with Gasteiger partial charge in [-0.1, -0.05) is 35.3 Å². The van der Waals surface area contributed by atoms with Crippen molar-refractivity contribution in [2.24, 2.45) is 0 Å². The number of benzene rings is 2. The average molecular weight is 382 g/mol. The number of nitrogens with zero attached hydrogens (tertiary/aromatic N) is 1. The Morgan fingerprint density at radius 3 is 2.80 bits per heavy atom. The average Bonchev–Trinajstić information content (AvgIpc) is 3.08. The van der Waals surface area contributed by atoms with Crippen molar-refractivity contribution < 1.29 is 19.0 Å². The lowest BCUT2D eigenvalue weighted by molar-refractivity contribution is -0.133. The monoisotopic (exact) mass is 381 g/mol. The van der Waals surface area contributed by atoms with E-state index in [2.05, 4.69) is 0 Å². The third-order valence-electron chi connectivity index (χ3n) is 3.81. The predicted octanol–water partition coefficient (Wildman–Crippen LogP) is 4.15. The molecule has 2 aromatic rings. The van der Waals surface area contributed by atoms with Crippen LogP contribution in [0.25, 0.3) is 0 Å². The molecule has 3 rings (SSSR count). The first-order valence-corrected chi connectivity index (χ1v) is 8.57. The van der Waals surface area contributed by atoms with Crippen molar-refractivity contribution in [1.82, 2.24) is 4.90 Å². The standard InChI is InChI=1S/C18H17Cl2NO4/c1-2-21(9-12-6-7-14-16(8-12)25-11-24-14)17(22)10-23-15-5-3-4-13(19)18(15)20/h3-8H,2,9-11H2,1H3. The lowest BCUT2D eigenvalue weighted by atomic mass is 10.2. The zero-order valence-corrected chi connectivity index (χ0v) is 15.1. The molecule has 1 amide bonds. The predicted molar refractivity (Wildman–Crippen MR) is 95.6 cm³/mol. The molecule has 0 saturated heterocycles. The molecule has 0 unspecified atom stereocenters. The van der Waals surface area contributed by atoms with Crippen molar-refractivity contribution >= 4 is 29.1 Å². The van der Waals surface area contributed by atoms with Gasteiger partial charge in [0.2, 0.25) is 6.79 Å². The van der Waals surface area contributed by atoms with Crippen LogP contribution in [0.4, 0.5) is 0 Å². The summed E-state index contributed by atoms with van der Waals surface area (Å²) in [6, 6.07) is 10.7. The van der Waals surface area contributed by atoms with E-state index in [1.165, 1.54) is 0 Å². The Hall–Kier alpha value is -2.11. The van der Waals surface area contributed by atoms with Gasteiger partial charge in [0.15, 0.2) is 18.1 Å². The molecule has 0 aliphatic carbocycles. The largest absolute Gasteiger partial charge is 0.482 e. The number of likely N-dealkylation sites (N-methyl/N-ethyl adjacent to an activating group) is 1. The number of carbonyl (C=O) groups excluding carboxylic acids is 1. The second-order valence-electron chi connectivity index (χ2n) is 5.44. The minimum Gasteiger partial charge on any atom is -0.482 e. The van der Waals surface area contributed by atoms with Crippen LogP contribution in [0.2, 0.25) is 10.0 Å². The van der Waals surface area contributed by atoms with Crippen molar-refractivity contribution in [3.63, 3.8) is 0 Å². The number of hydrogen-bond donors (Lipinski definition) is 0. The van der Waals surface area contributed by atoms with Gasteiger partial charge in [0, 0.05) is 13.1 Å². The Morgan fingerprint density at radius 1 is 1.20 bits per heavy atom. The fourth-order valence-corrected chi connectivity index (χ4v) is 2.81. The lowest BCUT2D eigenvalue weighted by Crippen LogP contribution is -2.34. The molecule has 132 valence electrons. The van der Waals surface area contributed by atoms with E-state index < -0.39 is 0 Å². The number of ether oxygens (including phenoxy) is 3. The third kappa shape index (κ3) is 4.11. The van der Waals surface area contributed by atoms with Gasteiger partial charge in [-0.25, -0.2) is 0 Å². The quantitative estimate of drug-likeness (QED) is 0.753. The summed E-state index contributed by atoms with van der Waals surface area (Å²) >= 11 is 12.0. The summed E-state index contributed by atoms with van der Waals surface area (Å²) in [5, 5.41) is 0.690. The summed E-state index contributed by atoms with van der Waals surface area (Å²) in [5.74, 6) is 1.66. The summed E-state index contributed by atoms with van der Waals surface area (Å²) in [7, 11) is 0. The molecule has 1 heterocycles. The van der Waals surface area contributed by atoms with Crippen LogP contribution in [0.15, 0.2) is 36.4 Å². The summed E-state index contributed by atoms with van der Waals surface area (Å²) in [6.45, 7) is 3.04. The highest BCUT2D eigenvalue weighted by Crippen LogP contribution is 2.33. The molecule has 0 fully saturated rings. The molecule has 0 spiro atoms. The molecule has 0 bridgehead atoms. The first-order chi connectivity index (χ1) is 12.1. The van der Waals surface area contributed by atoms with Crippen LogP contribution >= 0.6 is 23.2 Å². The Labute approximate surface area is 156 Å². The van der Waals surface area contributed by atoms with Crippen LogP contribution in [0, 0.1) is 0 Å². The summed E-state index contributed by atoms with van der Waals surface area (Å²) in [5.41, 5.74) is 0.959. The molecule has 5 nitrogen and oxygen atoms in total. The summed E-state index contributed by atoms with van der Waals surface area (Å²) < 4.78 is 16.2. The van der Waals surface area contributed by atoms with Crippen molar-refractivity contribution in [1.29, 1.82) is 0 Å². The zero-order valence-electron chi connectivity index (χ0n) is 13.6. The van der Waals surface area contributed by atoms with E-state index >= 15 is 0 Å². The first-order valence-electron chi connectivity index (χ1n) is 7.81. The molecule has 0 aromatic heterocycles. The second-order valence-corrected chi connectivity index (χ2v) is 6.22. The third-order valence-corrected chi connectivity index (χ3v) is 4.61. The highest BCUT2D eigenvalue weighted by molar-refractivity contribution is 6.42. The molecule has 0 atom stereocenters. The summed E-state index contributed by atoms with van der Waals surface area (Å²) in [6.07, 6.45) is 0. The Morgan fingerprint density at radius 2 is 2.00 bits per heavy atom. The second kappa shape index (κ2) is 7.85. The Balaban J connectivity index is 1.62. The van der Waals surface area contributed by atoms with Gasteiger partial charge in [-0.15, -0.1) is 0 Å². The van der Waals surface area contributed by atoms with Gasteiger partial charge >= 0.3 is 0 Å². The lowest BCUT2D eigenvalue weighted by Gasteiger charge is -2.21. The minimum absolute atomic E-state index is 0.113. The topological polar surface area (TPSA) is 48.0 Å². The molecule has 0 N–H and O–H groups in total. The van der Waals surface area contributed by atoms with E-state index in [0.717, 1.165) is 11.3 Å². The zero-order chi connectivity index (χ0) is 17.8. The van der Waals surface area contributed by atoms with E-state index in [1.807, 2.05) is 25.1 Å². The van der Waals surface area contributed by atoms with Gasteiger partial charge in [0.1, 0.15) is 10.8 Å². The number of hydrogen-bond acceptors (Lipinski definition) is 4. The van der Waals surface area contributed by atoms with Crippen LogP contribution in [0.3, 0.4) is 0 Å². The number of carbonyl (C=O) groups is 1. The molecule has 0 saturated carbocycles. The van der Waals surface area contributed by atoms with Crippen molar-refractivity contribution in [3.05, 3.63) is 52.0 Å². The molecule has 0 radical (unpaired) electrons. The number of rotatable bonds is 6. The van der Waals surface area contributed by atoms with E-state index in [1.54, 1.807) is 23.1 Å². The SMILES string of the molecule is CCN(Cc1ccc2c(c1)OCO2)C(=O)COc1cccc(Cl)c1Cl. The van der Waals surface area contributed by atoms with E-state index in [0.29, 0.717) is 34.6 Å². The van der Waals surface area contributed by atoms with Gasteiger partial charge < -0.3 is 19.1 Å². The normalized spacial score (nSPS) is 12.1. The van der Waals surface area contributed by atoms with Gasteiger partial charge in [0.05, 0.1) is 5.02 Å². The molecule has 7 heteroatoms. The number of fused-ring (bicyclic) bond motifs is 1. The molecule has 1 aliphatic rings. The highest BCUT2D eigenvalue weighted by atomic mass is 35.5. The molecule has 1 aliphatic heterocycles. The minimum atomic E-state index is -0.142. The van der Waals surface area contributed by atoms with E-state index in [4.69, 9.17) is 37.4 Å². The number of amides is 1. The van der Waals surface area contributed by atoms with Gasteiger partial charge in [-0.05, 0) is 36.8 Å². The first kappa shape index (κ1) is 17.7. The van der Waals surface area contributed by atoms with Crippen LogP contribution in [-0.2, 0) is 11.3 Å². The fourth-order valence-electron chi connectivity index (χ4n) is 2.46. The number of halogens is 2. The van der Waals surface area contributed by atoms with Crippen molar-refractivity contribution in [2.75, 3.05) is 19.9 Å². The molecule has 25 heavy (non-hydrogen) atoms. The maximum Gasteiger partial charge on any atom is 0.260 e. The van der Waals surface area contributed by atoms with Crippen molar-refractivity contribution in [3.8, 4) is 17.2 Å². The summed E-state index contributed by atoms with van der Waals surface area (Å²) in [4.78, 5) is 14.1. The molecular weight excluding hydrogens is 365 g/mol. The molecular formula is C18H17Cl2NO4. The highest BCUT2D eigenvalue weighted by Gasteiger charge is 2.17. The van der Waals surface area contributed by atoms with Gasteiger partial charge in [-0.3, -0.25) is 4.79 Å². The fraction of sp³-hybridized carbons (Fsp3) is 0.278. The van der Waals surface area contributed by atoms with Crippen LogP contribution in [0.1, 0.15) is 12.5 Å². The van der Waals surface area contributed by atoms with Crippen molar-refractivity contribution in [2.45, 2.75) is 13.5 Å². The van der Waals surface area contributed by atoms with Crippen LogP contribution in [-0.4, -0.2) is 30.8 Å². The van der Waals surface area contributed by atoms with Crippen LogP contribution < -0.4 is 14.2 Å². The van der Waals surface area contributed by atoms with E-state index in [9.17, 15) is 4.79 Å². The Kier molecular flexibility index (Phi) is 5.56. The van der Waals surface area contributed by atoms with Gasteiger partial charge in [0.25, 0.3) is 5.91 Å². The van der Waals surface area contributed by atoms with Gasteiger partial charge in [-0.2, -0.15) is 0 Å².